The molecule has 2 atom stereocenters. The molecule has 0 radical (unpaired) electrons. The summed E-state index contributed by atoms with van der Waals surface area (Å²) in [5, 5.41) is 2.65. The molecule has 0 bridgehead atoms. The van der Waals surface area contributed by atoms with E-state index < -0.39 is 16.3 Å². The Morgan fingerprint density at radius 1 is 0.389 bits per heavy atom. The number of rotatable bonds is 4. The SMILES string of the molecule is c1ccc2c(c1)OP(Cc1ccc(CP3Oc4ccccc4-c4ccccc43)cc1)c1ccccc1-2. The van der Waals surface area contributed by atoms with E-state index in [1.165, 1.54) is 44.0 Å². The molecule has 0 aromatic heterocycles. The second-order valence-corrected chi connectivity index (χ2v) is 12.6. The summed E-state index contributed by atoms with van der Waals surface area (Å²) in [6.45, 7) is 0. The first-order chi connectivity index (χ1) is 17.8. The molecular formula is C32H24O2P2. The lowest BCUT2D eigenvalue weighted by molar-refractivity contribution is 0.618. The zero-order valence-electron chi connectivity index (χ0n) is 19.7. The van der Waals surface area contributed by atoms with Gasteiger partial charge in [-0.3, -0.25) is 0 Å². The fourth-order valence-corrected chi connectivity index (χ4v) is 9.00. The molecule has 2 unspecified atom stereocenters. The number of hydrogen-bond donors (Lipinski definition) is 0. The van der Waals surface area contributed by atoms with Gasteiger partial charge in [-0.1, -0.05) is 109 Å². The summed E-state index contributed by atoms with van der Waals surface area (Å²) in [5.74, 6) is 1.99. The molecule has 174 valence electrons. The minimum absolute atomic E-state index is 0.761. The lowest BCUT2D eigenvalue weighted by Crippen LogP contribution is -2.15. The molecule has 5 aromatic rings. The van der Waals surface area contributed by atoms with Crippen LogP contribution >= 0.6 is 16.3 Å². The summed E-state index contributed by atoms with van der Waals surface area (Å²) >= 11 is 0. The van der Waals surface area contributed by atoms with Crippen LogP contribution in [0.15, 0.2) is 121 Å². The van der Waals surface area contributed by atoms with Gasteiger partial charge in [0.05, 0.1) is 0 Å². The van der Waals surface area contributed by atoms with Gasteiger partial charge in [0.15, 0.2) is 0 Å². The van der Waals surface area contributed by atoms with Crippen molar-refractivity contribution in [3.63, 3.8) is 0 Å². The van der Waals surface area contributed by atoms with Gasteiger partial charge in [0.1, 0.15) is 27.8 Å². The third-order valence-electron chi connectivity index (χ3n) is 6.79. The van der Waals surface area contributed by atoms with Crippen LogP contribution in [0.5, 0.6) is 11.5 Å². The summed E-state index contributed by atoms with van der Waals surface area (Å²) in [6.07, 6.45) is 1.81. The quantitative estimate of drug-likeness (QED) is 0.230. The van der Waals surface area contributed by atoms with Crippen molar-refractivity contribution in [1.82, 2.24) is 0 Å². The smallest absolute Gasteiger partial charge is 0.131 e. The van der Waals surface area contributed by atoms with Crippen molar-refractivity contribution in [2.75, 3.05) is 0 Å². The fraction of sp³-hybridized carbons (Fsp3) is 0.0625. The van der Waals surface area contributed by atoms with Crippen molar-refractivity contribution in [3.8, 4) is 33.8 Å². The van der Waals surface area contributed by atoms with Crippen LogP contribution in [0.3, 0.4) is 0 Å². The summed E-state index contributed by atoms with van der Waals surface area (Å²) < 4.78 is 13.1. The molecule has 0 saturated heterocycles. The Balaban J connectivity index is 1.12. The van der Waals surface area contributed by atoms with E-state index in [4.69, 9.17) is 9.05 Å². The molecule has 5 aromatic carbocycles. The van der Waals surface area contributed by atoms with E-state index >= 15 is 0 Å². The van der Waals surface area contributed by atoms with Crippen molar-refractivity contribution in [3.05, 3.63) is 132 Å². The highest BCUT2D eigenvalue weighted by molar-refractivity contribution is 7.61. The average Bonchev–Trinajstić information content (AvgIpc) is 2.94. The molecule has 4 heteroatoms. The molecule has 0 fully saturated rings. The van der Waals surface area contributed by atoms with Crippen molar-refractivity contribution >= 4 is 26.9 Å². The predicted octanol–water partition coefficient (Wildman–Crippen LogP) is 8.25. The van der Waals surface area contributed by atoms with Gasteiger partial charge >= 0.3 is 0 Å². The van der Waals surface area contributed by atoms with Crippen LogP contribution in [0, 0.1) is 0 Å². The van der Waals surface area contributed by atoms with Gasteiger partial charge in [0.2, 0.25) is 0 Å². The van der Waals surface area contributed by atoms with Gasteiger partial charge in [-0.25, -0.2) is 0 Å². The second kappa shape index (κ2) is 9.21. The standard InChI is InChI=1S/C32H24O2P2/c1-5-13-29-25(9-1)27-11-3-7-15-31(27)35(33-29)21-23-17-19-24(20-18-23)22-36-32-16-8-4-12-28(32)26-10-2-6-14-30(26)34-36/h1-20H,21-22H2. The van der Waals surface area contributed by atoms with Crippen LogP contribution in [0.25, 0.3) is 22.3 Å². The zero-order chi connectivity index (χ0) is 23.9. The topological polar surface area (TPSA) is 18.5 Å². The van der Waals surface area contributed by atoms with E-state index in [1.54, 1.807) is 0 Å². The van der Waals surface area contributed by atoms with E-state index in [-0.39, 0.29) is 0 Å². The number of hydrogen-bond acceptors (Lipinski definition) is 2. The van der Waals surface area contributed by atoms with Crippen LogP contribution < -0.4 is 19.7 Å². The molecule has 0 saturated carbocycles. The van der Waals surface area contributed by atoms with E-state index in [2.05, 4.69) is 121 Å². The number of fused-ring (bicyclic) bond motifs is 6. The van der Waals surface area contributed by atoms with Crippen LogP contribution in [-0.2, 0) is 12.3 Å². The first-order valence-corrected chi connectivity index (χ1v) is 15.1. The summed E-state index contributed by atoms with van der Waals surface area (Å²) in [5.41, 5.74) is 7.61. The molecule has 7 rings (SSSR count). The Kier molecular flexibility index (Phi) is 5.58. The van der Waals surface area contributed by atoms with Crippen LogP contribution in [0.2, 0.25) is 0 Å². The lowest BCUT2D eigenvalue weighted by atomic mass is 10.0. The predicted molar refractivity (Wildman–Crippen MR) is 152 cm³/mol. The number of benzene rings is 5. The average molecular weight is 502 g/mol. The molecule has 0 amide bonds. The maximum atomic E-state index is 6.53. The number of para-hydroxylation sites is 2. The molecule has 36 heavy (non-hydrogen) atoms. The molecule has 0 N–H and O–H groups in total. The van der Waals surface area contributed by atoms with E-state index in [9.17, 15) is 0 Å². The Morgan fingerprint density at radius 3 is 1.19 bits per heavy atom. The van der Waals surface area contributed by atoms with Crippen molar-refractivity contribution < 1.29 is 9.05 Å². The van der Waals surface area contributed by atoms with Crippen molar-refractivity contribution in [1.29, 1.82) is 0 Å². The maximum absolute atomic E-state index is 6.53. The molecule has 2 heterocycles. The van der Waals surface area contributed by atoms with E-state index in [0.29, 0.717) is 0 Å². The van der Waals surface area contributed by atoms with Crippen molar-refractivity contribution in [2.24, 2.45) is 0 Å². The van der Waals surface area contributed by atoms with Crippen LogP contribution in [-0.4, -0.2) is 0 Å². The van der Waals surface area contributed by atoms with Gasteiger partial charge in [-0.15, -0.1) is 0 Å². The molecule has 0 spiro atoms. The van der Waals surface area contributed by atoms with E-state index in [0.717, 1.165) is 23.8 Å². The minimum Gasteiger partial charge on any atom is -0.468 e. The van der Waals surface area contributed by atoms with E-state index in [1.807, 2.05) is 0 Å². The Labute approximate surface area is 214 Å². The third-order valence-corrected chi connectivity index (χ3v) is 10.8. The van der Waals surface area contributed by atoms with Gasteiger partial charge in [0.25, 0.3) is 0 Å². The summed E-state index contributed by atoms with van der Waals surface area (Å²) in [6, 6.07) is 43.2. The molecule has 2 aliphatic heterocycles. The normalized spacial score (nSPS) is 17.0. The Morgan fingerprint density at radius 2 is 0.750 bits per heavy atom. The molecule has 2 nitrogen and oxygen atoms in total. The molecule has 2 aliphatic rings. The summed E-state index contributed by atoms with van der Waals surface area (Å²) in [7, 11) is -1.52. The maximum Gasteiger partial charge on any atom is 0.131 e. The monoisotopic (exact) mass is 502 g/mol. The summed E-state index contributed by atoms with van der Waals surface area (Å²) in [4.78, 5) is 0. The Bertz CT molecular complexity index is 1440. The molecular weight excluding hydrogens is 478 g/mol. The van der Waals surface area contributed by atoms with Crippen LogP contribution in [0.4, 0.5) is 0 Å². The zero-order valence-corrected chi connectivity index (χ0v) is 21.5. The second-order valence-electron chi connectivity index (χ2n) is 9.10. The highest BCUT2D eigenvalue weighted by Crippen LogP contribution is 2.52. The first-order valence-electron chi connectivity index (χ1n) is 12.2. The van der Waals surface area contributed by atoms with Gasteiger partial charge in [0, 0.05) is 34.1 Å². The minimum atomic E-state index is -0.761. The van der Waals surface area contributed by atoms with Crippen LogP contribution in [0.1, 0.15) is 11.1 Å². The Hall–Kier alpha value is -3.44. The van der Waals surface area contributed by atoms with Gasteiger partial charge in [-0.05, 0) is 34.4 Å². The first kappa shape index (κ1) is 21.8. The fourth-order valence-electron chi connectivity index (χ4n) is 5.03. The van der Waals surface area contributed by atoms with Crippen molar-refractivity contribution in [2.45, 2.75) is 12.3 Å². The van der Waals surface area contributed by atoms with Gasteiger partial charge in [-0.2, -0.15) is 0 Å². The van der Waals surface area contributed by atoms with Gasteiger partial charge < -0.3 is 9.05 Å². The largest absolute Gasteiger partial charge is 0.468 e. The highest BCUT2D eigenvalue weighted by Gasteiger charge is 2.28. The molecule has 0 aliphatic carbocycles. The lowest BCUT2D eigenvalue weighted by Gasteiger charge is -2.29. The third kappa shape index (κ3) is 3.92. The highest BCUT2D eigenvalue weighted by atomic mass is 31.1.